The van der Waals surface area contributed by atoms with Crippen LogP contribution in [0.1, 0.15) is 158 Å². The second kappa shape index (κ2) is 30.5. The molecular formula is C33H75O3P3. The van der Waals surface area contributed by atoms with Crippen LogP contribution in [0.15, 0.2) is 0 Å². The van der Waals surface area contributed by atoms with Crippen molar-refractivity contribution in [2.24, 2.45) is 0 Å². The highest BCUT2D eigenvalue weighted by molar-refractivity contribution is 7.76. The quantitative estimate of drug-likeness (QED) is 0.102. The lowest BCUT2D eigenvalue weighted by Gasteiger charge is -2.28. The summed E-state index contributed by atoms with van der Waals surface area (Å²) >= 11 is 0. The zero-order valence-electron chi connectivity index (χ0n) is 28.5. The van der Waals surface area contributed by atoms with E-state index >= 15 is 0 Å². The largest absolute Gasteiger partial charge is 0.811 e. The molecule has 0 spiro atoms. The number of hydrogen-bond acceptors (Lipinski definition) is 3. The number of hydrogen-bond donors (Lipinski definition) is 0. The fourth-order valence-corrected chi connectivity index (χ4v) is 15.9. The van der Waals surface area contributed by atoms with E-state index < -0.39 is 22.1 Å². The summed E-state index contributed by atoms with van der Waals surface area (Å²) in [6.45, 7) is 19.5. The highest BCUT2D eigenvalue weighted by Gasteiger charge is 2.35. The van der Waals surface area contributed by atoms with Gasteiger partial charge in [-0.25, -0.2) is 0 Å². The normalized spacial score (nSPS) is 12.0. The van der Waals surface area contributed by atoms with Crippen molar-refractivity contribution in [3.05, 3.63) is 0 Å². The fraction of sp³-hybridized carbons (Fsp3) is 1.00. The molecule has 0 saturated carbocycles. The van der Waals surface area contributed by atoms with Gasteiger partial charge < -0.3 is 14.4 Å². The van der Waals surface area contributed by atoms with Crippen LogP contribution in [-0.4, -0.2) is 56.0 Å². The lowest BCUT2D eigenvalue weighted by atomic mass is 10.4. The summed E-state index contributed by atoms with van der Waals surface area (Å²) in [5, 5.41) is 0. The van der Waals surface area contributed by atoms with E-state index in [0.717, 1.165) is 0 Å². The van der Waals surface area contributed by atoms with Crippen molar-refractivity contribution >= 4 is 22.1 Å². The molecule has 3 nitrogen and oxygen atoms in total. The van der Waals surface area contributed by atoms with Gasteiger partial charge in [-0.2, -0.15) is 0 Å². The molecule has 0 aromatic rings. The van der Waals surface area contributed by atoms with Gasteiger partial charge in [-0.1, -0.05) is 114 Å². The van der Waals surface area contributed by atoms with E-state index in [1.54, 1.807) is 49.3 Å². The molecule has 0 aromatic heterocycles. The lowest BCUT2D eigenvalue weighted by molar-refractivity contribution is -0.311. The number of rotatable bonds is 24. The topological polar surface area (TPSA) is 63.2 Å². The van der Waals surface area contributed by atoms with Crippen LogP contribution < -0.4 is 9.79 Å². The van der Waals surface area contributed by atoms with Crippen molar-refractivity contribution in [1.82, 2.24) is 0 Å². The van der Waals surface area contributed by atoms with E-state index in [1.807, 2.05) is 0 Å². The maximum Gasteiger partial charge on any atom is 0.0594 e. The van der Waals surface area contributed by atoms with Crippen molar-refractivity contribution in [2.45, 2.75) is 158 Å². The summed E-state index contributed by atoms with van der Waals surface area (Å²) in [5.41, 5.74) is 0. The monoisotopic (exact) mass is 612 g/mol. The Morgan fingerprint density at radius 2 is 0.487 bits per heavy atom. The van der Waals surface area contributed by atoms with Gasteiger partial charge in [0.2, 0.25) is 0 Å². The van der Waals surface area contributed by atoms with Gasteiger partial charge in [-0.05, 0) is 58.0 Å². The van der Waals surface area contributed by atoms with Gasteiger partial charge >= 0.3 is 0 Å². The Labute approximate surface area is 250 Å². The van der Waals surface area contributed by atoms with Gasteiger partial charge in [-0.15, -0.1) is 0 Å². The van der Waals surface area contributed by atoms with Crippen LogP contribution in [-0.2, 0) is 4.57 Å². The zero-order valence-corrected chi connectivity index (χ0v) is 31.2. The molecule has 0 saturated heterocycles. The van der Waals surface area contributed by atoms with Crippen LogP contribution in [0.25, 0.3) is 0 Å². The molecule has 0 fully saturated rings. The molecule has 240 valence electrons. The Morgan fingerprint density at radius 1 is 0.385 bits per heavy atom. The lowest BCUT2D eigenvalue weighted by Crippen LogP contribution is -2.12. The van der Waals surface area contributed by atoms with Crippen molar-refractivity contribution in [2.75, 3.05) is 56.0 Å². The van der Waals surface area contributed by atoms with Crippen molar-refractivity contribution in [3.63, 3.8) is 0 Å². The minimum atomic E-state index is -4.14. The molecule has 0 bridgehead atoms. The van der Waals surface area contributed by atoms with Gasteiger partial charge in [0, 0.05) is 14.5 Å². The summed E-state index contributed by atoms with van der Waals surface area (Å²) in [6, 6.07) is 0. The van der Waals surface area contributed by atoms with E-state index in [0.29, 0.717) is 6.66 Å². The maximum atomic E-state index is 9.10. The van der Waals surface area contributed by atoms with Gasteiger partial charge in [0.1, 0.15) is 0 Å². The van der Waals surface area contributed by atoms with Gasteiger partial charge in [0.05, 0.1) is 49.3 Å². The first kappa shape index (κ1) is 44.5. The maximum absolute atomic E-state index is 9.10. The van der Waals surface area contributed by atoms with Crippen LogP contribution in [0, 0.1) is 0 Å². The van der Waals surface area contributed by atoms with Gasteiger partial charge in [-0.3, -0.25) is 0 Å². The molecule has 0 atom stereocenters. The van der Waals surface area contributed by atoms with Gasteiger partial charge in [0.25, 0.3) is 0 Å². The molecule has 0 unspecified atom stereocenters. The molecule has 0 aliphatic carbocycles. The average molecular weight is 613 g/mol. The molecule has 0 aliphatic rings. The fourth-order valence-electron chi connectivity index (χ4n) is 5.29. The molecule has 0 heterocycles. The summed E-state index contributed by atoms with van der Waals surface area (Å²) < 4.78 is 9.10. The molecule has 39 heavy (non-hydrogen) atoms. The Morgan fingerprint density at radius 3 is 0.564 bits per heavy atom. The van der Waals surface area contributed by atoms with Crippen molar-refractivity contribution in [3.8, 4) is 0 Å². The Balaban J connectivity index is -0.000000566. The molecule has 0 radical (unpaired) electrons. The highest BCUT2D eigenvalue weighted by Crippen LogP contribution is 2.62. The predicted octanol–water partition coefficient (Wildman–Crippen LogP) is 10.9. The van der Waals surface area contributed by atoms with E-state index in [4.69, 9.17) is 14.4 Å². The zero-order chi connectivity index (χ0) is 30.5. The first-order chi connectivity index (χ1) is 18.5. The SMILES string of the molecule is CCCC[P+](CCCC)(CCCC)CCCC.CCCC[P+](CCCC)(CCCC)CCCC.CP(=O)([O-])[O-]. The van der Waals surface area contributed by atoms with Crippen LogP contribution in [0.2, 0.25) is 0 Å². The van der Waals surface area contributed by atoms with Crippen LogP contribution in [0.3, 0.4) is 0 Å². The minimum absolute atomic E-state index is 0.562. The second-order valence-corrected chi connectivity index (χ2v) is 22.6. The third-order valence-corrected chi connectivity index (χ3v) is 18.0. The molecule has 0 aliphatic heterocycles. The molecule has 0 amide bonds. The second-order valence-electron chi connectivity index (χ2n) is 12.1. The minimum Gasteiger partial charge on any atom is -0.811 e. The summed E-state index contributed by atoms with van der Waals surface area (Å²) in [7, 11) is -5.26. The van der Waals surface area contributed by atoms with E-state index in [1.165, 1.54) is 103 Å². The molecular weight excluding hydrogens is 537 g/mol. The summed E-state index contributed by atoms with van der Waals surface area (Å²) in [6.07, 6.45) is 35.9. The van der Waals surface area contributed by atoms with E-state index in [-0.39, 0.29) is 0 Å². The molecule has 0 N–H and O–H groups in total. The molecule has 6 heteroatoms. The van der Waals surface area contributed by atoms with Crippen LogP contribution >= 0.6 is 22.1 Å². The average Bonchev–Trinajstić information content (AvgIpc) is 2.91. The third-order valence-electron chi connectivity index (χ3n) is 7.89. The Kier molecular flexibility index (Phi) is 34.7. The predicted molar refractivity (Wildman–Crippen MR) is 186 cm³/mol. The number of unbranched alkanes of at least 4 members (excludes halogenated alkanes) is 8. The molecule has 0 aromatic carbocycles. The Bertz CT molecular complexity index is 403. The van der Waals surface area contributed by atoms with Crippen molar-refractivity contribution < 1.29 is 14.4 Å². The van der Waals surface area contributed by atoms with Crippen LogP contribution in [0.4, 0.5) is 0 Å². The summed E-state index contributed by atoms with van der Waals surface area (Å²) in [5.74, 6) is 0. The smallest absolute Gasteiger partial charge is 0.0594 e. The van der Waals surface area contributed by atoms with E-state index in [2.05, 4.69) is 55.4 Å². The first-order valence-electron chi connectivity index (χ1n) is 17.2. The van der Waals surface area contributed by atoms with Crippen LogP contribution in [0.5, 0.6) is 0 Å². The first-order valence-corrected chi connectivity index (χ1v) is 24.2. The molecule has 0 rings (SSSR count). The summed E-state index contributed by atoms with van der Waals surface area (Å²) in [4.78, 5) is 18.2. The third kappa shape index (κ3) is 31.8. The van der Waals surface area contributed by atoms with E-state index in [9.17, 15) is 0 Å². The van der Waals surface area contributed by atoms with Crippen molar-refractivity contribution in [1.29, 1.82) is 0 Å². The standard InChI is InChI=1S/2C16H36P.CH5O3P/c2*1-5-9-13-17(14-10-6-2,15-11-7-3)16-12-8-4;1-5(2,3)4/h2*5-16H2,1-4H3;1H3,(H2,2,3,4)/q2*+1;/p-2. The van der Waals surface area contributed by atoms with Gasteiger partial charge in [0.15, 0.2) is 0 Å². The Hall–Kier alpha value is 1.01. The highest BCUT2D eigenvalue weighted by atomic mass is 31.2.